The Hall–Kier alpha value is -3.00. The number of thiazole rings is 1. The van der Waals surface area contributed by atoms with Gasteiger partial charge in [0, 0.05) is 18.7 Å². The third kappa shape index (κ3) is 3.75. The Labute approximate surface area is 159 Å². The number of hydrogen-bond donors (Lipinski definition) is 2. The lowest BCUT2D eigenvalue weighted by Crippen LogP contribution is -2.39. The van der Waals surface area contributed by atoms with Gasteiger partial charge in [0.25, 0.3) is 0 Å². The SMILES string of the molecule is Cc1ccc2nc(NC(=O)N[C@@H]3CC(=O)N(c4ccc(F)cc4)C3)sc2c1. The van der Waals surface area contributed by atoms with Crippen LogP contribution in [-0.2, 0) is 4.79 Å². The van der Waals surface area contributed by atoms with Crippen molar-refractivity contribution in [1.82, 2.24) is 10.3 Å². The summed E-state index contributed by atoms with van der Waals surface area (Å²) in [7, 11) is 0. The molecule has 0 saturated carbocycles. The highest BCUT2D eigenvalue weighted by Crippen LogP contribution is 2.27. The second-order valence-electron chi connectivity index (χ2n) is 6.47. The molecule has 4 rings (SSSR count). The summed E-state index contributed by atoms with van der Waals surface area (Å²) < 4.78 is 14.1. The largest absolute Gasteiger partial charge is 0.333 e. The van der Waals surface area contributed by atoms with Crippen molar-refractivity contribution in [2.75, 3.05) is 16.8 Å². The Morgan fingerprint density at radius 3 is 2.81 bits per heavy atom. The summed E-state index contributed by atoms with van der Waals surface area (Å²) in [6, 6.07) is 10.9. The van der Waals surface area contributed by atoms with Gasteiger partial charge >= 0.3 is 6.03 Å². The van der Waals surface area contributed by atoms with Gasteiger partial charge in [-0.15, -0.1) is 0 Å². The molecule has 1 aliphatic heterocycles. The molecule has 3 amide bonds. The van der Waals surface area contributed by atoms with Gasteiger partial charge in [0.15, 0.2) is 5.13 Å². The number of anilines is 2. The first-order valence-electron chi connectivity index (χ1n) is 8.48. The number of carbonyl (C=O) groups is 2. The van der Waals surface area contributed by atoms with Gasteiger partial charge in [-0.2, -0.15) is 0 Å². The number of nitrogens with one attached hydrogen (secondary N) is 2. The standard InChI is InChI=1S/C19H17FN4O2S/c1-11-2-7-15-16(8-11)27-19(22-15)23-18(26)21-13-9-17(25)24(10-13)14-5-3-12(20)4-6-14/h2-8,13H,9-10H2,1H3,(H2,21,22,23,26)/t13-/m1/s1. The topological polar surface area (TPSA) is 74.3 Å². The highest BCUT2D eigenvalue weighted by atomic mass is 32.1. The number of rotatable bonds is 3. The number of fused-ring (bicyclic) bond motifs is 1. The van der Waals surface area contributed by atoms with Crippen LogP contribution in [0.4, 0.5) is 20.0 Å². The summed E-state index contributed by atoms with van der Waals surface area (Å²) in [5.41, 5.74) is 2.58. The van der Waals surface area contributed by atoms with Crippen molar-refractivity contribution >= 4 is 44.3 Å². The molecule has 138 valence electrons. The summed E-state index contributed by atoms with van der Waals surface area (Å²) in [4.78, 5) is 30.4. The van der Waals surface area contributed by atoms with Crippen LogP contribution in [0.3, 0.4) is 0 Å². The molecular formula is C19H17FN4O2S. The summed E-state index contributed by atoms with van der Waals surface area (Å²) in [5, 5.41) is 6.04. The molecular weight excluding hydrogens is 367 g/mol. The van der Waals surface area contributed by atoms with Crippen LogP contribution in [0.2, 0.25) is 0 Å². The van der Waals surface area contributed by atoms with E-state index in [1.54, 1.807) is 17.0 Å². The fraction of sp³-hybridized carbons (Fsp3) is 0.211. The minimum absolute atomic E-state index is 0.109. The lowest BCUT2D eigenvalue weighted by molar-refractivity contribution is -0.117. The Morgan fingerprint density at radius 1 is 1.26 bits per heavy atom. The van der Waals surface area contributed by atoms with Crippen molar-refractivity contribution in [3.05, 3.63) is 53.8 Å². The lowest BCUT2D eigenvalue weighted by Gasteiger charge is -2.17. The van der Waals surface area contributed by atoms with Crippen LogP contribution >= 0.6 is 11.3 Å². The predicted octanol–water partition coefficient (Wildman–Crippen LogP) is 3.67. The normalized spacial score (nSPS) is 16.7. The summed E-state index contributed by atoms with van der Waals surface area (Å²) in [6.07, 6.45) is 0.198. The van der Waals surface area contributed by atoms with E-state index in [1.807, 2.05) is 25.1 Å². The molecule has 0 radical (unpaired) electrons. The maximum atomic E-state index is 13.1. The van der Waals surface area contributed by atoms with Crippen molar-refractivity contribution < 1.29 is 14.0 Å². The van der Waals surface area contributed by atoms with Crippen LogP contribution < -0.4 is 15.5 Å². The quantitative estimate of drug-likeness (QED) is 0.724. The van der Waals surface area contributed by atoms with Gasteiger partial charge in [0.2, 0.25) is 5.91 Å². The molecule has 2 N–H and O–H groups in total. The number of benzene rings is 2. The van der Waals surface area contributed by atoms with Crippen LogP contribution in [0, 0.1) is 12.7 Å². The maximum absolute atomic E-state index is 13.1. The zero-order valence-corrected chi connectivity index (χ0v) is 15.3. The van der Waals surface area contributed by atoms with E-state index in [0.29, 0.717) is 17.4 Å². The van der Waals surface area contributed by atoms with E-state index < -0.39 is 6.03 Å². The molecule has 1 aliphatic rings. The van der Waals surface area contributed by atoms with Gasteiger partial charge in [-0.1, -0.05) is 17.4 Å². The number of amides is 3. The number of nitrogens with zero attached hydrogens (tertiary/aromatic N) is 2. The molecule has 27 heavy (non-hydrogen) atoms. The van der Waals surface area contributed by atoms with Gasteiger partial charge in [0.05, 0.1) is 16.3 Å². The monoisotopic (exact) mass is 384 g/mol. The Balaban J connectivity index is 1.39. The molecule has 0 aliphatic carbocycles. The minimum atomic E-state index is -0.399. The average molecular weight is 384 g/mol. The number of halogens is 1. The first-order chi connectivity index (χ1) is 13.0. The molecule has 3 aromatic rings. The fourth-order valence-corrected chi connectivity index (χ4v) is 4.04. The predicted molar refractivity (Wildman–Crippen MR) is 104 cm³/mol. The zero-order valence-electron chi connectivity index (χ0n) is 14.5. The van der Waals surface area contributed by atoms with Crippen LogP contribution in [0.1, 0.15) is 12.0 Å². The molecule has 0 unspecified atom stereocenters. The summed E-state index contributed by atoms with van der Waals surface area (Å²) in [6.45, 7) is 2.35. The van der Waals surface area contributed by atoms with E-state index in [2.05, 4.69) is 15.6 Å². The molecule has 1 fully saturated rings. The number of aryl methyl sites for hydroxylation is 1. The fourth-order valence-electron chi connectivity index (χ4n) is 3.08. The van der Waals surface area contributed by atoms with Gasteiger partial charge in [-0.25, -0.2) is 14.2 Å². The molecule has 2 heterocycles. The summed E-state index contributed by atoms with van der Waals surface area (Å²) in [5.74, 6) is -0.465. The average Bonchev–Trinajstić information content (AvgIpc) is 3.17. The van der Waals surface area contributed by atoms with Crippen LogP contribution in [0.15, 0.2) is 42.5 Å². The van der Waals surface area contributed by atoms with Crippen LogP contribution in [-0.4, -0.2) is 29.5 Å². The Bertz CT molecular complexity index is 1020. The lowest BCUT2D eigenvalue weighted by atomic mass is 10.2. The number of carbonyl (C=O) groups excluding carboxylic acids is 2. The maximum Gasteiger partial charge on any atom is 0.321 e. The molecule has 0 bridgehead atoms. The number of urea groups is 1. The molecule has 1 saturated heterocycles. The first-order valence-corrected chi connectivity index (χ1v) is 9.30. The van der Waals surface area contributed by atoms with E-state index in [4.69, 9.17) is 0 Å². The van der Waals surface area contributed by atoms with Crippen molar-refractivity contribution in [2.45, 2.75) is 19.4 Å². The first kappa shape index (κ1) is 17.4. The highest BCUT2D eigenvalue weighted by Gasteiger charge is 2.31. The van der Waals surface area contributed by atoms with E-state index in [9.17, 15) is 14.0 Å². The molecule has 8 heteroatoms. The van der Waals surface area contributed by atoms with E-state index in [1.165, 1.54) is 23.5 Å². The van der Waals surface area contributed by atoms with Gasteiger partial charge in [0.1, 0.15) is 5.82 Å². The third-order valence-corrected chi connectivity index (χ3v) is 5.30. The van der Waals surface area contributed by atoms with Crippen LogP contribution in [0.5, 0.6) is 0 Å². The molecule has 1 atom stereocenters. The number of aromatic nitrogens is 1. The second-order valence-corrected chi connectivity index (χ2v) is 7.50. The van der Waals surface area contributed by atoms with Crippen LogP contribution in [0.25, 0.3) is 10.2 Å². The van der Waals surface area contributed by atoms with Gasteiger partial charge in [-0.05, 0) is 48.9 Å². The highest BCUT2D eigenvalue weighted by molar-refractivity contribution is 7.22. The summed E-state index contributed by atoms with van der Waals surface area (Å²) >= 11 is 1.40. The van der Waals surface area contributed by atoms with Crippen molar-refractivity contribution in [1.29, 1.82) is 0 Å². The van der Waals surface area contributed by atoms with Gasteiger partial charge < -0.3 is 10.2 Å². The zero-order chi connectivity index (χ0) is 19.0. The third-order valence-electron chi connectivity index (χ3n) is 4.36. The smallest absolute Gasteiger partial charge is 0.321 e. The minimum Gasteiger partial charge on any atom is -0.333 e. The molecule has 6 nitrogen and oxygen atoms in total. The van der Waals surface area contributed by atoms with Crippen molar-refractivity contribution in [2.24, 2.45) is 0 Å². The molecule has 2 aromatic carbocycles. The second kappa shape index (κ2) is 6.96. The molecule has 0 spiro atoms. The molecule has 1 aromatic heterocycles. The van der Waals surface area contributed by atoms with Gasteiger partial charge in [-0.3, -0.25) is 10.1 Å². The van der Waals surface area contributed by atoms with E-state index in [0.717, 1.165) is 15.8 Å². The Kier molecular flexibility index (Phi) is 4.49. The van der Waals surface area contributed by atoms with Crippen molar-refractivity contribution in [3.63, 3.8) is 0 Å². The van der Waals surface area contributed by atoms with E-state index >= 15 is 0 Å². The number of hydrogen-bond acceptors (Lipinski definition) is 4. The van der Waals surface area contributed by atoms with E-state index in [-0.39, 0.29) is 24.2 Å². The van der Waals surface area contributed by atoms with Crippen molar-refractivity contribution in [3.8, 4) is 0 Å². The Morgan fingerprint density at radius 2 is 2.04 bits per heavy atom.